The fourth-order valence-corrected chi connectivity index (χ4v) is 1.90. The molecule has 0 aromatic heterocycles. The molecule has 82 valence electrons. The van der Waals surface area contributed by atoms with Crippen molar-refractivity contribution in [3.05, 3.63) is 72.8 Å². The molecule has 17 heavy (non-hydrogen) atoms. The molecule has 0 amide bonds. The first-order valence-electron chi connectivity index (χ1n) is 6.12. The van der Waals surface area contributed by atoms with Crippen molar-refractivity contribution in [2.45, 2.75) is 0 Å². The van der Waals surface area contributed by atoms with E-state index < -0.39 is 0 Å². The summed E-state index contributed by atoms with van der Waals surface area (Å²) in [6.45, 7) is 0. The Morgan fingerprint density at radius 3 is 2.18 bits per heavy atom. The lowest BCUT2D eigenvalue weighted by Gasteiger charge is -2.07. The fourth-order valence-electron chi connectivity index (χ4n) is 1.90. The van der Waals surface area contributed by atoms with Crippen molar-refractivity contribution in [2.24, 2.45) is 0 Å². The second-order valence-corrected chi connectivity index (χ2v) is 3.98. The summed E-state index contributed by atoms with van der Waals surface area (Å²) in [6.07, 6.45) is 0. The highest BCUT2D eigenvalue weighted by atomic mass is 14.9. The van der Waals surface area contributed by atoms with Gasteiger partial charge in [0.1, 0.15) is 0 Å². The SMILES string of the molecule is [2H]N(c1ccccc1)c1ccc2ccccc2c1. The van der Waals surface area contributed by atoms with Gasteiger partial charge in [-0.1, -0.05) is 48.5 Å². The second-order valence-electron chi connectivity index (χ2n) is 3.98. The monoisotopic (exact) mass is 220 g/mol. The maximum absolute atomic E-state index is 8.16. The van der Waals surface area contributed by atoms with Crippen LogP contribution in [0.25, 0.3) is 10.8 Å². The van der Waals surface area contributed by atoms with E-state index in [1.54, 1.807) is 0 Å². The molecule has 1 N–H and O–H groups in total. The molecule has 0 bridgehead atoms. The van der Waals surface area contributed by atoms with Gasteiger partial charge in [0.05, 0.1) is 0 Å². The van der Waals surface area contributed by atoms with Crippen LogP contribution in [0.2, 0.25) is 1.41 Å². The van der Waals surface area contributed by atoms with E-state index in [0.29, 0.717) is 0 Å². The molecule has 1 nitrogen and oxygen atoms in total. The van der Waals surface area contributed by atoms with Crippen LogP contribution < -0.4 is 5.31 Å². The van der Waals surface area contributed by atoms with E-state index >= 15 is 0 Å². The van der Waals surface area contributed by atoms with Crippen LogP contribution in [-0.4, -0.2) is 0 Å². The minimum atomic E-state index is 0.868. The molecule has 1 heteroatoms. The van der Waals surface area contributed by atoms with Gasteiger partial charge in [-0.3, -0.25) is 0 Å². The molecule has 0 aliphatic heterocycles. The summed E-state index contributed by atoms with van der Waals surface area (Å²) >= 11 is 0. The standard InChI is InChI=1S/C16H13N/c1-2-8-15(9-3-1)17-16-11-10-13-6-4-5-7-14(13)12-16/h1-12,17H/i/hD. The van der Waals surface area contributed by atoms with Gasteiger partial charge >= 0.3 is 0 Å². The molecule has 0 atom stereocenters. The molecule has 0 saturated heterocycles. The van der Waals surface area contributed by atoms with Gasteiger partial charge in [0.15, 0.2) is 1.41 Å². The van der Waals surface area contributed by atoms with E-state index in [-0.39, 0.29) is 0 Å². The lowest BCUT2D eigenvalue weighted by Crippen LogP contribution is -1.89. The highest BCUT2D eigenvalue weighted by Crippen LogP contribution is 2.21. The third kappa shape index (κ3) is 2.13. The summed E-state index contributed by atoms with van der Waals surface area (Å²) in [7, 11) is 0. The molecular formula is C16H13N. The number of anilines is 2. The van der Waals surface area contributed by atoms with Crippen molar-refractivity contribution in [3.63, 3.8) is 0 Å². The van der Waals surface area contributed by atoms with Crippen molar-refractivity contribution >= 4 is 22.1 Å². The van der Waals surface area contributed by atoms with Gasteiger partial charge < -0.3 is 5.31 Å². The Bertz CT molecular complexity index is 664. The van der Waals surface area contributed by atoms with Crippen molar-refractivity contribution in [1.29, 1.82) is 0 Å². The topological polar surface area (TPSA) is 12.0 Å². The Morgan fingerprint density at radius 2 is 1.35 bits per heavy atom. The molecule has 0 saturated carbocycles. The normalized spacial score (nSPS) is 11.2. The summed E-state index contributed by atoms with van der Waals surface area (Å²) in [5, 5.41) is 3.80. The lowest BCUT2D eigenvalue weighted by atomic mass is 10.1. The van der Waals surface area contributed by atoms with Crippen LogP contribution in [0, 0.1) is 0 Å². The minimum Gasteiger partial charge on any atom is -0.356 e. The van der Waals surface area contributed by atoms with Gasteiger partial charge in [-0.2, -0.15) is 0 Å². The Kier molecular flexibility index (Phi) is 2.23. The van der Waals surface area contributed by atoms with E-state index in [0.717, 1.165) is 16.8 Å². The van der Waals surface area contributed by atoms with Crippen LogP contribution in [0.1, 0.15) is 0 Å². The lowest BCUT2D eigenvalue weighted by molar-refractivity contribution is 1.57. The van der Waals surface area contributed by atoms with Crippen LogP contribution >= 0.6 is 0 Å². The average Bonchev–Trinajstić information content (AvgIpc) is 2.47. The Labute approximate surface area is 102 Å². The highest BCUT2D eigenvalue weighted by Gasteiger charge is 1.96. The first-order valence-corrected chi connectivity index (χ1v) is 5.67. The smallest absolute Gasteiger partial charge is 0.167 e. The van der Waals surface area contributed by atoms with Gasteiger partial charge in [0.2, 0.25) is 0 Å². The van der Waals surface area contributed by atoms with Gasteiger partial charge in [0, 0.05) is 11.4 Å². The van der Waals surface area contributed by atoms with Gasteiger partial charge in [-0.05, 0) is 35.0 Å². The number of rotatable bonds is 2. The number of para-hydroxylation sites is 1. The quantitative estimate of drug-likeness (QED) is 0.666. The number of hydrogen-bond donors (Lipinski definition) is 1. The van der Waals surface area contributed by atoms with Gasteiger partial charge in [0.25, 0.3) is 0 Å². The molecular weight excluding hydrogens is 206 g/mol. The van der Waals surface area contributed by atoms with Crippen LogP contribution in [0.5, 0.6) is 0 Å². The minimum absolute atomic E-state index is 0.868. The summed E-state index contributed by atoms with van der Waals surface area (Å²) in [5.74, 6) is 0. The predicted octanol–water partition coefficient (Wildman–Crippen LogP) is 4.58. The zero-order valence-corrected chi connectivity index (χ0v) is 9.38. The summed E-state index contributed by atoms with van der Waals surface area (Å²) in [4.78, 5) is 0. The molecule has 0 fully saturated rings. The second kappa shape index (κ2) is 4.30. The fraction of sp³-hybridized carbons (Fsp3) is 0. The molecule has 0 radical (unpaired) electrons. The highest BCUT2D eigenvalue weighted by molar-refractivity contribution is 5.86. The van der Waals surface area contributed by atoms with Crippen molar-refractivity contribution in [2.75, 3.05) is 5.31 Å². The predicted molar refractivity (Wildman–Crippen MR) is 73.7 cm³/mol. The summed E-state index contributed by atoms with van der Waals surface area (Å²) in [5.41, 5.74) is 1.74. The van der Waals surface area contributed by atoms with Crippen molar-refractivity contribution in [3.8, 4) is 0 Å². The van der Waals surface area contributed by atoms with Crippen molar-refractivity contribution in [1.82, 2.24) is 0 Å². The summed E-state index contributed by atoms with van der Waals surface area (Å²) in [6, 6.07) is 24.0. The molecule has 0 unspecified atom stereocenters. The van der Waals surface area contributed by atoms with E-state index in [1.807, 2.05) is 54.6 Å². The van der Waals surface area contributed by atoms with Crippen molar-refractivity contribution < 1.29 is 1.41 Å². The largest absolute Gasteiger partial charge is 0.356 e. The molecule has 0 aliphatic rings. The van der Waals surface area contributed by atoms with E-state index in [1.165, 1.54) is 10.7 Å². The Balaban J connectivity index is 2.04. The molecule has 0 heterocycles. The number of benzene rings is 3. The first-order chi connectivity index (χ1) is 8.84. The number of fused-ring (bicyclic) bond motifs is 1. The maximum Gasteiger partial charge on any atom is 0.167 e. The molecule has 0 aliphatic carbocycles. The Hall–Kier alpha value is -2.28. The maximum atomic E-state index is 8.16. The van der Waals surface area contributed by atoms with Gasteiger partial charge in [-0.15, -0.1) is 0 Å². The van der Waals surface area contributed by atoms with Gasteiger partial charge in [-0.25, -0.2) is 0 Å². The zero-order chi connectivity index (χ0) is 12.4. The van der Waals surface area contributed by atoms with E-state index in [9.17, 15) is 0 Å². The number of hydrogen-bond acceptors (Lipinski definition) is 1. The Morgan fingerprint density at radius 1 is 0.647 bits per heavy atom. The molecule has 0 spiro atoms. The van der Waals surface area contributed by atoms with Crippen LogP contribution in [0.15, 0.2) is 72.8 Å². The van der Waals surface area contributed by atoms with Crippen LogP contribution in [0.3, 0.4) is 0 Å². The first kappa shape index (κ1) is 8.82. The van der Waals surface area contributed by atoms with E-state index in [2.05, 4.69) is 18.2 Å². The number of nitrogens with one attached hydrogen (secondary N) is 1. The molecule has 3 aromatic rings. The average molecular weight is 220 g/mol. The zero-order valence-electron chi connectivity index (χ0n) is 10.4. The van der Waals surface area contributed by atoms with E-state index in [4.69, 9.17) is 1.41 Å². The van der Waals surface area contributed by atoms with Crippen LogP contribution in [-0.2, 0) is 0 Å². The third-order valence-corrected chi connectivity index (χ3v) is 2.75. The van der Waals surface area contributed by atoms with Crippen LogP contribution in [0.4, 0.5) is 11.4 Å². The summed E-state index contributed by atoms with van der Waals surface area (Å²) < 4.78 is 8.16. The molecule has 3 aromatic carbocycles. The molecule has 3 rings (SSSR count). The third-order valence-electron chi connectivity index (χ3n) is 2.75.